The first-order chi connectivity index (χ1) is 15.1. The molecule has 4 heteroatoms. The number of carbonyl (C=O) groups excluding carboxylic acids is 1. The predicted molar refractivity (Wildman–Crippen MR) is 128 cm³/mol. The fourth-order valence-electron chi connectivity index (χ4n) is 6.01. The van der Waals surface area contributed by atoms with Gasteiger partial charge in [-0.05, 0) is 92.4 Å². The Balaban J connectivity index is 1.33. The van der Waals surface area contributed by atoms with Crippen LogP contribution in [0, 0.1) is 11.3 Å². The molecule has 31 heavy (non-hydrogen) atoms. The molecule has 0 N–H and O–H groups in total. The van der Waals surface area contributed by atoms with Gasteiger partial charge in [0, 0.05) is 29.4 Å². The number of likely N-dealkylation sites (tertiary alicyclic amines) is 1. The van der Waals surface area contributed by atoms with E-state index in [9.17, 15) is 4.79 Å². The summed E-state index contributed by atoms with van der Waals surface area (Å²) in [5.74, 6) is 0.991. The van der Waals surface area contributed by atoms with Crippen molar-refractivity contribution in [3.63, 3.8) is 0 Å². The molecule has 3 nitrogen and oxygen atoms in total. The van der Waals surface area contributed by atoms with E-state index in [2.05, 4.69) is 23.1 Å². The Bertz CT molecular complexity index is 911. The fourth-order valence-corrected chi connectivity index (χ4v) is 6.14. The van der Waals surface area contributed by atoms with Crippen LogP contribution in [0.2, 0.25) is 5.02 Å². The normalized spacial score (nSPS) is 21.8. The first-order valence-electron chi connectivity index (χ1n) is 12.0. The Kier molecular flexibility index (Phi) is 6.08. The lowest BCUT2D eigenvalue weighted by Gasteiger charge is -2.48. The maximum atomic E-state index is 13.5. The topological polar surface area (TPSA) is 23.6 Å². The zero-order chi connectivity index (χ0) is 21.3. The average molecular weight is 437 g/mol. The van der Waals surface area contributed by atoms with E-state index < -0.39 is 0 Å². The van der Waals surface area contributed by atoms with Crippen molar-refractivity contribution in [3.05, 3.63) is 64.7 Å². The largest absolute Gasteiger partial charge is 0.308 e. The van der Waals surface area contributed by atoms with E-state index in [-0.39, 0.29) is 11.3 Å². The number of nitrogens with zero attached hydrogens (tertiary/aromatic N) is 2. The van der Waals surface area contributed by atoms with E-state index in [0.717, 1.165) is 24.6 Å². The van der Waals surface area contributed by atoms with Gasteiger partial charge >= 0.3 is 0 Å². The van der Waals surface area contributed by atoms with Crippen molar-refractivity contribution in [2.45, 2.75) is 51.4 Å². The number of hydrogen-bond donors (Lipinski definition) is 0. The summed E-state index contributed by atoms with van der Waals surface area (Å²) in [6.45, 7) is 4.44. The molecule has 2 heterocycles. The van der Waals surface area contributed by atoms with E-state index in [1.807, 2.05) is 35.2 Å². The highest BCUT2D eigenvalue weighted by atomic mass is 35.5. The summed E-state index contributed by atoms with van der Waals surface area (Å²) in [7, 11) is 0. The Morgan fingerprint density at radius 3 is 2.42 bits per heavy atom. The summed E-state index contributed by atoms with van der Waals surface area (Å²) < 4.78 is 0. The molecule has 0 aromatic heterocycles. The van der Waals surface area contributed by atoms with Crippen molar-refractivity contribution < 1.29 is 4.79 Å². The van der Waals surface area contributed by atoms with Crippen molar-refractivity contribution in [3.8, 4) is 0 Å². The average Bonchev–Trinajstić information content (AvgIpc) is 2.81. The van der Waals surface area contributed by atoms with Crippen molar-refractivity contribution in [1.29, 1.82) is 0 Å². The first-order valence-corrected chi connectivity index (χ1v) is 12.4. The van der Waals surface area contributed by atoms with Crippen LogP contribution in [0.5, 0.6) is 0 Å². The summed E-state index contributed by atoms with van der Waals surface area (Å²) in [4.78, 5) is 18.2. The minimum absolute atomic E-state index is 0.0906. The molecular weight excluding hydrogens is 404 g/mol. The molecule has 5 rings (SSSR count). The molecule has 1 spiro atoms. The third-order valence-corrected chi connectivity index (χ3v) is 8.09. The molecular formula is C27H33ClN2O. The van der Waals surface area contributed by atoms with E-state index in [0.29, 0.717) is 10.6 Å². The number of halogens is 1. The summed E-state index contributed by atoms with van der Waals surface area (Å²) >= 11 is 6.05. The van der Waals surface area contributed by atoms with Crippen LogP contribution in [0.15, 0.2) is 48.5 Å². The van der Waals surface area contributed by atoms with Crippen LogP contribution in [0.4, 0.5) is 5.69 Å². The Hall–Kier alpha value is -1.84. The quantitative estimate of drug-likeness (QED) is 0.571. The maximum Gasteiger partial charge on any atom is 0.258 e. The molecule has 1 saturated heterocycles. The van der Waals surface area contributed by atoms with Gasteiger partial charge in [-0.2, -0.15) is 0 Å². The van der Waals surface area contributed by atoms with Crippen LogP contribution >= 0.6 is 11.6 Å². The van der Waals surface area contributed by atoms with Crippen LogP contribution < -0.4 is 4.90 Å². The molecule has 2 aromatic carbocycles. The number of fused-ring (bicyclic) bond motifs is 1. The molecule has 2 aromatic rings. The molecule has 2 aliphatic heterocycles. The molecule has 3 aliphatic rings. The lowest BCUT2D eigenvalue weighted by atomic mass is 9.70. The number of para-hydroxylation sites is 1. The second-order valence-electron chi connectivity index (χ2n) is 10.0. The number of carbonyl (C=O) groups is 1. The van der Waals surface area contributed by atoms with Gasteiger partial charge in [-0.1, -0.05) is 49.1 Å². The number of anilines is 1. The molecule has 0 unspecified atom stereocenters. The van der Waals surface area contributed by atoms with Gasteiger partial charge in [0.1, 0.15) is 0 Å². The lowest BCUT2D eigenvalue weighted by Crippen LogP contribution is -2.52. The first kappa shape index (κ1) is 21.0. The van der Waals surface area contributed by atoms with E-state index in [4.69, 9.17) is 11.6 Å². The van der Waals surface area contributed by atoms with Gasteiger partial charge in [-0.25, -0.2) is 0 Å². The zero-order valence-electron chi connectivity index (χ0n) is 18.4. The Morgan fingerprint density at radius 2 is 1.68 bits per heavy atom. The third-order valence-electron chi connectivity index (χ3n) is 7.84. The molecule has 0 atom stereocenters. The van der Waals surface area contributed by atoms with E-state index in [1.54, 1.807) is 0 Å². The summed E-state index contributed by atoms with van der Waals surface area (Å²) in [5.41, 5.74) is 3.31. The standard InChI is InChI=1S/C27H33ClN2O/c28-24-12-10-22(11-13-24)26(31)30-20-27(18-23-8-4-5-9-25(23)30)14-16-29(17-15-27)19-21-6-2-1-3-7-21/h4-5,8-13,21H,1-3,6-7,14-20H2. The highest BCUT2D eigenvalue weighted by molar-refractivity contribution is 6.30. The Labute approximate surface area is 191 Å². The second-order valence-corrected chi connectivity index (χ2v) is 10.4. The molecule has 2 fully saturated rings. The van der Waals surface area contributed by atoms with Crippen LogP contribution in [-0.4, -0.2) is 37.0 Å². The maximum absolute atomic E-state index is 13.5. The predicted octanol–water partition coefficient (Wildman–Crippen LogP) is 6.21. The van der Waals surface area contributed by atoms with Crippen molar-refractivity contribution in [1.82, 2.24) is 4.90 Å². The SMILES string of the molecule is O=C(c1ccc(Cl)cc1)N1CC2(CCN(CC3CCCCC3)CC2)Cc2ccccc21. The summed E-state index contributed by atoms with van der Waals surface area (Å²) in [5, 5.41) is 0.664. The molecule has 1 aliphatic carbocycles. The third kappa shape index (κ3) is 4.54. The molecule has 1 amide bonds. The van der Waals surface area contributed by atoms with Gasteiger partial charge in [0.15, 0.2) is 0 Å². The number of rotatable bonds is 3. The number of amides is 1. The smallest absolute Gasteiger partial charge is 0.258 e. The summed E-state index contributed by atoms with van der Waals surface area (Å²) in [6, 6.07) is 15.8. The number of hydrogen-bond acceptors (Lipinski definition) is 2. The van der Waals surface area contributed by atoms with Crippen LogP contribution in [-0.2, 0) is 6.42 Å². The van der Waals surface area contributed by atoms with Gasteiger partial charge in [-0.3, -0.25) is 4.79 Å². The van der Waals surface area contributed by atoms with Crippen molar-refractivity contribution in [2.24, 2.45) is 11.3 Å². The summed E-state index contributed by atoms with van der Waals surface area (Å²) in [6.07, 6.45) is 10.5. The van der Waals surface area contributed by atoms with Crippen LogP contribution in [0.3, 0.4) is 0 Å². The van der Waals surface area contributed by atoms with Gasteiger partial charge < -0.3 is 9.80 Å². The minimum atomic E-state index is 0.0906. The molecule has 0 bridgehead atoms. The second kappa shape index (κ2) is 8.96. The highest BCUT2D eigenvalue weighted by Crippen LogP contribution is 2.44. The van der Waals surface area contributed by atoms with Gasteiger partial charge in [0.25, 0.3) is 5.91 Å². The lowest BCUT2D eigenvalue weighted by molar-refractivity contribution is 0.0785. The Morgan fingerprint density at radius 1 is 0.968 bits per heavy atom. The van der Waals surface area contributed by atoms with E-state index in [1.165, 1.54) is 70.1 Å². The van der Waals surface area contributed by atoms with Gasteiger partial charge in [-0.15, -0.1) is 0 Å². The van der Waals surface area contributed by atoms with Gasteiger partial charge in [0.05, 0.1) is 0 Å². The van der Waals surface area contributed by atoms with Crippen molar-refractivity contribution >= 4 is 23.2 Å². The monoisotopic (exact) mass is 436 g/mol. The molecule has 164 valence electrons. The molecule has 1 saturated carbocycles. The highest BCUT2D eigenvalue weighted by Gasteiger charge is 2.42. The van der Waals surface area contributed by atoms with E-state index >= 15 is 0 Å². The number of piperidine rings is 1. The van der Waals surface area contributed by atoms with Crippen LogP contribution in [0.25, 0.3) is 0 Å². The molecule has 0 radical (unpaired) electrons. The van der Waals surface area contributed by atoms with Gasteiger partial charge in [0.2, 0.25) is 0 Å². The zero-order valence-corrected chi connectivity index (χ0v) is 19.1. The fraction of sp³-hybridized carbons (Fsp3) is 0.519. The number of benzene rings is 2. The van der Waals surface area contributed by atoms with Crippen molar-refractivity contribution in [2.75, 3.05) is 31.1 Å². The minimum Gasteiger partial charge on any atom is -0.308 e. The van der Waals surface area contributed by atoms with Crippen LogP contribution in [0.1, 0.15) is 60.9 Å².